The van der Waals surface area contributed by atoms with Crippen molar-refractivity contribution in [1.82, 2.24) is 0 Å². The summed E-state index contributed by atoms with van der Waals surface area (Å²) >= 11 is 1.87. The van der Waals surface area contributed by atoms with E-state index in [0.717, 1.165) is 12.4 Å². The van der Waals surface area contributed by atoms with Gasteiger partial charge in [-0.25, -0.2) is 0 Å². The van der Waals surface area contributed by atoms with Crippen molar-refractivity contribution in [2.45, 2.75) is 30.9 Å². The molecular weight excluding hydrogens is 180 g/mol. The maximum atomic E-state index is 5.36. The van der Waals surface area contributed by atoms with Gasteiger partial charge in [0.2, 0.25) is 0 Å². The lowest BCUT2D eigenvalue weighted by atomic mass is 10.3. The van der Waals surface area contributed by atoms with Gasteiger partial charge in [-0.05, 0) is 31.2 Å². The zero-order valence-corrected chi connectivity index (χ0v) is 9.23. The summed E-state index contributed by atoms with van der Waals surface area (Å²) in [6.07, 6.45) is 0. The van der Waals surface area contributed by atoms with Gasteiger partial charge in [0.1, 0.15) is 5.75 Å². The summed E-state index contributed by atoms with van der Waals surface area (Å²) in [5.41, 5.74) is 0. The van der Waals surface area contributed by atoms with E-state index in [-0.39, 0.29) is 0 Å². The number of ether oxygens (including phenoxy) is 1. The van der Waals surface area contributed by atoms with Gasteiger partial charge in [0.25, 0.3) is 0 Å². The molecule has 1 rings (SSSR count). The Morgan fingerprint density at radius 2 is 1.85 bits per heavy atom. The average molecular weight is 196 g/mol. The number of hydrogen-bond acceptors (Lipinski definition) is 2. The van der Waals surface area contributed by atoms with E-state index in [1.807, 2.05) is 30.8 Å². The van der Waals surface area contributed by atoms with Crippen molar-refractivity contribution in [3.63, 3.8) is 0 Å². The Morgan fingerprint density at radius 1 is 1.23 bits per heavy atom. The van der Waals surface area contributed by atoms with E-state index in [4.69, 9.17) is 4.74 Å². The third-order valence-corrected chi connectivity index (χ3v) is 2.52. The highest BCUT2D eigenvalue weighted by atomic mass is 32.2. The minimum absolute atomic E-state index is 0.637. The molecule has 0 aliphatic heterocycles. The summed E-state index contributed by atoms with van der Waals surface area (Å²) in [6, 6.07) is 8.26. The smallest absolute Gasteiger partial charge is 0.119 e. The normalized spacial score (nSPS) is 10.5. The molecule has 0 aromatic heterocycles. The van der Waals surface area contributed by atoms with E-state index < -0.39 is 0 Å². The molecular formula is C11H16OS. The summed E-state index contributed by atoms with van der Waals surface area (Å²) < 4.78 is 5.36. The van der Waals surface area contributed by atoms with Crippen LogP contribution >= 0.6 is 11.8 Å². The standard InChI is InChI=1S/C11H16OS/c1-4-12-10-5-7-11(8-6-10)13-9(2)3/h5-9H,4H2,1-3H3. The first-order chi connectivity index (χ1) is 6.22. The quantitative estimate of drug-likeness (QED) is 0.681. The Kier molecular flexibility index (Phi) is 4.16. The van der Waals surface area contributed by atoms with E-state index in [0.29, 0.717) is 5.25 Å². The highest BCUT2D eigenvalue weighted by Gasteiger charge is 1.98. The van der Waals surface area contributed by atoms with Crippen LogP contribution in [0.4, 0.5) is 0 Å². The Labute approximate surface area is 84.5 Å². The Balaban J connectivity index is 2.59. The molecule has 0 N–H and O–H groups in total. The molecule has 0 spiro atoms. The first kappa shape index (κ1) is 10.5. The van der Waals surface area contributed by atoms with Crippen LogP contribution in [0.5, 0.6) is 5.75 Å². The van der Waals surface area contributed by atoms with E-state index in [9.17, 15) is 0 Å². The lowest BCUT2D eigenvalue weighted by molar-refractivity contribution is 0.340. The molecule has 13 heavy (non-hydrogen) atoms. The molecule has 0 aliphatic carbocycles. The molecule has 1 aromatic rings. The van der Waals surface area contributed by atoms with Crippen LogP contribution in [0.15, 0.2) is 29.2 Å². The molecule has 72 valence electrons. The molecule has 1 aromatic carbocycles. The molecule has 0 fully saturated rings. The van der Waals surface area contributed by atoms with E-state index >= 15 is 0 Å². The minimum Gasteiger partial charge on any atom is -0.494 e. The molecule has 0 bridgehead atoms. The molecule has 2 heteroatoms. The minimum atomic E-state index is 0.637. The van der Waals surface area contributed by atoms with Gasteiger partial charge in [-0.1, -0.05) is 13.8 Å². The predicted octanol–water partition coefficient (Wildman–Crippen LogP) is 3.59. The largest absolute Gasteiger partial charge is 0.494 e. The predicted molar refractivity (Wildman–Crippen MR) is 58.6 cm³/mol. The molecule has 0 saturated carbocycles. The van der Waals surface area contributed by atoms with E-state index in [1.165, 1.54) is 4.90 Å². The maximum absolute atomic E-state index is 5.36. The van der Waals surface area contributed by atoms with Crippen LogP contribution in [-0.2, 0) is 0 Å². The number of thioether (sulfide) groups is 1. The van der Waals surface area contributed by atoms with Gasteiger partial charge in [-0.15, -0.1) is 11.8 Å². The summed E-state index contributed by atoms with van der Waals surface area (Å²) in [5, 5.41) is 0.637. The second-order valence-corrected chi connectivity index (χ2v) is 4.72. The van der Waals surface area contributed by atoms with Crippen molar-refractivity contribution in [2.24, 2.45) is 0 Å². The maximum Gasteiger partial charge on any atom is 0.119 e. The lowest BCUT2D eigenvalue weighted by Gasteiger charge is -2.06. The van der Waals surface area contributed by atoms with Crippen LogP contribution in [0.1, 0.15) is 20.8 Å². The first-order valence-electron chi connectivity index (χ1n) is 4.62. The van der Waals surface area contributed by atoms with Crippen LogP contribution < -0.4 is 4.74 Å². The second kappa shape index (κ2) is 5.18. The monoisotopic (exact) mass is 196 g/mol. The van der Waals surface area contributed by atoms with Crippen LogP contribution in [0, 0.1) is 0 Å². The number of benzene rings is 1. The van der Waals surface area contributed by atoms with E-state index in [2.05, 4.69) is 26.0 Å². The molecule has 0 atom stereocenters. The average Bonchev–Trinajstić information content (AvgIpc) is 2.08. The summed E-state index contributed by atoms with van der Waals surface area (Å²) in [5.74, 6) is 0.954. The fraction of sp³-hybridized carbons (Fsp3) is 0.455. The third-order valence-electron chi connectivity index (χ3n) is 1.51. The van der Waals surface area contributed by atoms with Crippen molar-refractivity contribution in [3.8, 4) is 5.75 Å². The van der Waals surface area contributed by atoms with Crippen LogP contribution in [0.3, 0.4) is 0 Å². The van der Waals surface area contributed by atoms with Crippen molar-refractivity contribution >= 4 is 11.8 Å². The van der Waals surface area contributed by atoms with Crippen molar-refractivity contribution < 1.29 is 4.74 Å². The summed E-state index contributed by atoms with van der Waals surface area (Å²) in [7, 11) is 0. The van der Waals surface area contributed by atoms with Crippen molar-refractivity contribution in [3.05, 3.63) is 24.3 Å². The third kappa shape index (κ3) is 3.73. The highest BCUT2D eigenvalue weighted by Crippen LogP contribution is 2.24. The number of hydrogen-bond donors (Lipinski definition) is 0. The molecule has 0 amide bonds. The molecule has 1 nitrogen and oxygen atoms in total. The number of rotatable bonds is 4. The molecule has 0 aliphatic rings. The molecule has 0 unspecified atom stereocenters. The lowest BCUT2D eigenvalue weighted by Crippen LogP contribution is -1.91. The fourth-order valence-electron chi connectivity index (χ4n) is 1.05. The fourth-order valence-corrected chi connectivity index (χ4v) is 1.89. The SMILES string of the molecule is CCOc1ccc(SC(C)C)cc1. The first-order valence-corrected chi connectivity index (χ1v) is 5.50. The topological polar surface area (TPSA) is 9.23 Å². The molecule has 0 radical (unpaired) electrons. The zero-order valence-electron chi connectivity index (χ0n) is 8.41. The molecule has 0 heterocycles. The van der Waals surface area contributed by atoms with Gasteiger partial charge in [0.15, 0.2) is 0 Å². The summed E-state index contributed by atoms with van der Waals surface area (Å²) in [4.78, 5) is 1.30. The van der Waals surface area contributed by atoms with Gasteiger partial charge in [0, 0.05) is 10.1 Å². The van der Waals surface area contributed by atoms with Gasteiger partial charge in [0.05, 0.1) is 6.61 Å². The van der Waals surface area contributed by atoms with Crippen LogP contribution in [0.25, 0.3) is 0 Å². The summed E-state index contributed by atoms with van der Waals surface area (Å²) in [6.45, 7) is 7.12. The Morgan fingerprint density at radius 3 is 2.31 bits per heavy atom. The van der Waals surface area contributed by atoms with Crippen molar-refractivity contribution in [1.29, 1.82) is 0 Å². The van der Waals surface area contributed by atoms with Gasteiger partial charge < -0.3 is 4.74 Å². The van der Waals surface area contributed by atoms with Crippen molar-refractivity contribution in [2.75, 3.05) is 6.61 Å². The van der Waals surface area contributed by atoms with E-state index in [1.54, 1.807) is 0 Å². The molecule has 0 saturated heterocycles. The van der Waals surface area contributed by atoms with Gasteiger partial charge >= 0.3 is 0 Å². The second-order valence-electron chi connectivity index (χ2n) is 3.07. The van der Waals surface area contributed by atoms with Crippen LogP contribution in [-0.4, -0.2) is 11.9 Å². The Bertz CT molecular complexity index is 241. The highest BCUT2D eigenvalue weighted by molar-refractivity contribution is 7.99. The van der Waals surface area contributed by atoms with Crippen LogP contribution in [0.2, 0.25) is 0 Å². The van der Waals surface area contributed by atoms with Gasteiger partial charge in [-0.2, -0.15) is 0 Å². The van der Waals surface area contributed by atoms with Gasteiger partial charge in [-0.3, -0.25) is 0 Å². The Hall–Kier alpha value is -0.630. The zero-order chi connectivity index (χ0) is 9.68.